The van der Waals surface area contributed by atoms with E-state index >= 15 is 0 Å². The predicted molar refractivity (Wildman–Crippen MR) is 99.2 cm³/mol. The van der Waals surface area contributed by atoms with Crippen LogP contribution in [0.1, 0.15) is 12.0 Å². The summed E-state index contributed by atoms with van der Waals surface area (Å²) in [6.45, 7) is 0.244. The van der Waals surface area contributed by atoms with Gasteiger partial charge in [0, 0.05) is 38.7 Å². The predicted octanol–water partition coefficient (Wildman–Crippen LogP) is 3.32. The maximum Gasteiger partial charge on any atom is 0.387 e. The van der Waals surface area contributed by atoms with Crippen molar-refractivity contribution >= 4 is 17.3 Å². The van der Waals surface area contributed by atoms with Crippen molar-refractivity contribution < 1.29 is 18.3 Å². The molecule has 1 saturated heterocycles. The maximum atomic E-state index is 12.6. The van der Waals surface area contributed by atoms with Gasteiger partial charge in [0.25, 0.3) is 0 Å². The molecule has 0 unspecified atom stereocenters. The van der Waals surface area contributed by atoms with Crippen LogP contribution in [0.5, 0.6) is 5.75 Å². The first-order valence-electron chi connectivity index (χ1n) is 9.00. The molecule has 2 heterocycles. The lowest BCUT2D eigenvalue weighted by atomic mass is 10.1. The molecule has 2 aromatic rings. The molecule has 4 rings (SSSR count). The van der Waals surface area contributed by atoms with Gasteiger partial charge in [0.05, 0.1) is 17.4 Å². The molecule has 2 aliphatic rings. The Morgan fingerprint density at radius 1 is 1.15 bits per heavy atom. The fourth-order valence-electron chi connectivity index (χ4n) is 3.84. The van der Waals surface area contributed by atoms with Crippen molar-refractivity contribution in [1.82, 2.24) is 4.90 Å². The molecule has 2 aliphatic heterocycles. The minimum absolute atomic E-state index is 0.00878. The van der Waals surface area contributed by atoms with Crippen LogP contribution in [0.15, 0.2) is 48.5 Å². The molecule has 0 saturated carbocycles. The Balaban J connectivity index is 1.55. The highest BCUT2D eigenvalue weighted by molar-refractivity contribution is 5.97. The monoisotopic (exact) mass is 373 g/mol. The second kappa shape index (κ2) is 7.52. The number of hydrogen-bond donors (Lipinski definition) is 1. The number of rotatable bonds is 4. The Labute approximate surface area is 156 Å². The zero-order valence-electron chi connectivity index (χ0n) is 14.8. The van der Waals surface area contributed by atoms with E-state index in [2.05, 4.69) is 32.0 Å². The van der Waals surface area contributed by atoms with Crippen molar-refractivity contribution in [2.75, 3.05) is 29.9 Å². The first kappa shape index (κ1) is 17.7. The third kappa shape index (κ3) is 4.03. The van der Waals surface area contributed by atoms with Crippen molar-refractivity contribution in [3.63, 3.8) is 0 Å². The van der Waals surface area contributed by atoms with Crippen LogP contribution in [0.2, 0.25) is 0 Å². The highest BCUT2D eigenvalue weighted by Crippen LogP contribution is 2.36. The van der Waals surface area contributed by atoms with Crippen LogP contribution in [0.3, 0.4) is 0 Å². The number of ether oxygens (including phenoxy) is 1. The van der Waals surface area contributed by atoms with E-state index in [1.54, 1.807) is 12.1 Å². The lowest BCUT2D eigenvalue weighted by molar-refractivity contribution is -0.116. The molecule has 1 fully saturated rings. The van der Waals surface area contributed by atoms with E-state index in [4.69, 9.17) is 0 Å². The van der Waals surface area contributed by atoms with Crippen LogP contribution in [-0.2, 0) is 11.3 Å². The van der Waals surface area contributed by atoms with Gasteiger partial charge < -0.3 is 15.0 Å². The van der Waals surface area contributed by atoms with Crippen LogP contribution in [-0.4, -0.2) is 43.1 Å². The van der Waals surface area contributed by atoms with Crippen molar-refractivity contribution in [3.05, 3.63) is 54.1 Å². The van der Waals surface area contributed by atoms with E-state index in [0.29, 0.717) is 12.1 Å². The number of halogens is 2. The maximum absolute atomic E-state index is 12.6. The fourth-order valence-corrected chi connectivity index (χ4v) is 3.84. The molecule has 27 heavy (non-hydrogen) atoms. The molecule has 0 radical (unpaired) electrons. The molecule has 0 spiro atoms. The summed E-state index contributed by atoms with van der Waals surface area (Å²) in [6.07, 6.45) is 0.366. The Morgan fingerprint density at radius 2 is 1.96 bits per heavy atom. The second-order valence-corrected chi connectivity index (χ2v) is 6.88. The lowest BCUT2D eigenvalue weighted by Gasteiger charge is -2.42. The van der Waals surface area contributed by atoms with E-state index in [-0.39, 0.29) is 17.7 Å². The van der Waals surface area contributed by atoms with Gasteiger partial charge in [-0.05, 0) is 17.7 Å². The Kier molecular flexibility index (Phi) is 4.94. The summed E-state index contributed by atoms with van der Waals surface area (Å²) in [4.78, 5) is 16.8. The van der Waals surface area contributed by atoms with Gasteiger partial charge in [-0.1, -0.05) is 30.3 Å². The third-order valence-corrected chi connectivity index (χ3v) is 5.01. The first-order valence-corrected chi connectivity index (χ1v) is 9.00. The SMILES string of the molecule is O=C1C[C@H]2CN(Cc3ccccc3)CCN2c2cc(OC(F)F)ccc2N1. The molecule has 1 atom stereocenters. The van der Waals surface area contributed by atoms with E-state index < -0.39 is 6.61 Å². The second-order valence-electron chi connectivity index (χ2n) is 6.88. The molecule has 142 valence electrons. The quantitative estimate of drug-likeness (QED) is 0.893. The number of benzene rings is 2. The largest absolute Gasteiger partial charge is 0.435 e. The zero-order chi connectivity index (χ0) is 18.8. The molecule has 2 aromatic carbocycles. The van der Waals surface area contributed by atoms with Gasteiger partial charge in [0.15, 0.2) is 0 Å². The van der Waals surface area contributed by atoms with E-state index in [1.165, 1.54) is 11.6 Å². The van der Waals surface area contributed by atoms with E-state index in [9.17, 15) is 13.6 Å². The highest BCUT2D eigenvalue weighted by atomic mass is 19.3. The summed E-state index contributed by atoms with van der Waals surface area (Å²) in [5, 5.41) is 2.88. The number of piperazine rings is 1. The van der Waals surface area contributed by atoms with Gasteiger partial charge in [-0.25, -0.2) is 0 Å². The lowest BCUT2D eigenvalue weighted by Crippen LogP contribution is -2.53. The Hall–Kier alpha value is -2.67. The molecule has 0 aliphatic carbocycles. The average Bonchev–Trinajstić information content (AvgIpc) is 2.77. The Bertz CT molecular complexity index is 816. The van der Waals surface area contributed by atoms with Gasteiger partial charge in [-0.3, -0.25) is 9.69 Å². The van der Waals surface area contributed by atoms with Gasteiger partial charge >= 0.3 is 6.61 Å². The highest BCUT2D eigenvalue weighted by Gasteiger charge is 2.33. The molecule has 1 N–H and O–H groups in total. The fraction of sp³-hybridized carbons (Fsp3) is 0.350. The molecule has 0 aromatic heterocycles. The van der Waals surface area contributed by atoms with Crippen LogP contribution in [0.25, 0.3) is 0 Å². The number of hydrogen-bond acceptors (Lipinski definition) is 4. The van der Waals surface area contributed by atoms with Crippen LogP contribution in [0.4, 0.5) is 20.2 Å². The topological polar surface area (TPSA) is 44.8 Å². The van der Waals surface area contributed by atoms with Gasteiger partial charge in [-0.2, -0.15) is 8.78 Å². The molecule has 0 bridgehead atoms. The number of carbonyl (C=O) groups is 1. The summed E-state index contributed by atoms with van der Waals surface area (Å²) in [6, 6.07) is 14.9. The Morgan fingerprint density at radius 3 is 2.74 bits per heavy atom. The van der Waals surface area contributed by atoms with Gasteiger partial charge in [-0.15, -0.1) is 0 Å². The summed E-state index contributed by atoms with van der Waals surface area (Å²) in [5.41, 5.74) is 2.61. The molecular formula is C20H21F2N3O2. The minimum Gasteiger partial charge on any atom is -0.435 e. The minimum atomic E-state index is -2.87. The molecule has 5 nitrogen and oxygen atoms in total. The number of fused-ring (bicyclic) bond motifs is 3. The molecular weight excluding hydrogens is 352 g/mol. The molecule has 1 amide bonds. The zero-order valence-corrected chi connectivity index (χ0v) is 14.8. The third-order valence-electron chi connectivity index (χ3n) is 5.01. The van der Waals surface area contributed by atoms with Gasteiger partial charge in [0.1, 0.15) is 5.75 Å². The number of carbonyl (C=O) groups excluding carboxylic acids is 1. The molecule has 7 heteroatoms. The number of nitrogens with one attached hydrogen (secondary N) is 1. The van der Waals surface area contributed by atoms with Crippen molar-refractivity contribution in [1.29, 1.82) is 0 Å². The van der Waals surface area contributed by atoms with Crippen molar-refractivity contribution in [3.8, 4) is 5.75 Å². The summed E-state index contributed by atoms with van der Waals surface area (Å²) in [7, 11) is 0. The standard InChI is InChI=1S/C20H21F2N3O2/c21-20(22)27-16-6-7-17-18(11-16)25-9-8-24(12-14-4-2-1-3-5-14)13-15(25)10-19(26)23-17/h1-7,11,15,20H,8-10,12-13H2,(H,23,26)/t15-/m0/s1. The van der Waals surface area contributed by atoms with E-state index in [1.807, 2.05) is 18.2 Å². The number of amides is 1. The number of nitrogens with zero attached hydrogens (tertiary/aromatic N) is 2. The number of anilines is 2. The van der Waals surface area contributed by atoms with Crippen LogP contribution < -0.4 is 15.0 Å². The van der Waals surface area contributed by atoms with Gasteiger partial charge in [0.2, 0.25) is 5.91 Å². The summed E-state index contributed by atoms with van der Waals surface area (Å²) in [5.74, 6) is 0.0400. The summed E-state index contributed by atoms with van der Waals surface area (Å²) < 4.78 is 29.7. The van der Waals surface area contributed by atoms with Crippen molar-refractivity contribution in [2.45, 2.75) is 25.6 Å². The van der Waals surface area contributed by atoms with Crippen LogP contribution in [0, 0.1) is 0 Å². The van der Waals surface area contributed by atoms with E-state index in [0.717, 1.165) is 31.9 Å². The normalized spacial score (nSPS) is 19.9. The first-order chi connectivity index (χ1) is 13.1. The van der Waals surface area contributed by atoms with Crippen LogP contribution >= 0.6 is 0 Å². The average molecular weight is 373 g/mol. The van der Waals surface area contributed by atoms with Crippen molar-refractivity contribution in [2.24, 2.45) is 0 Å². The smallest absolute Gasteiger partial charge is 0.387 e. The summed E-state index contributed by atoms with van der Waals surface area (Å²) >= 11 is 0. The number of alkyl halides is 2.